The number of phenols is 1. The first-order valence-electron chi connectivity index (χ1n) is 9.68. The van der Waals surface area contributed by atoms with Crippen LogP contribution in [-0.2, 0) is 20.8 Å². The van der Waals surface area contributed by atoms with Crippen LogP contribution in [0.5, 0.6) is 5.75 Å². The van der Waals surface area contributed by atoms with Gasteiger partial charge in [0.15, 0.2) is 5.78 Å². The first-order valence-corrected chi connectivity index (χ1v) is 9.68. The SMILES string of the molecule is CC(=O)NC(C(=O)NC(Cc1ccccc1)C(C)=O)c1ccc2cc(O)ccc2c1. The Kier molecular flexibility index (Phi) is 6.47. The molecule has 0 fully saturated rings. The van der Waals surface area contributed by atoms with Crippen LogP contribution in [0.25, 0.3) is 10.8 Å². The van der Waals surface area contributed by atoms with E-state index in [-0.39, 0.29) is 17.4 Å². The molecule has 0 saturated heterocycles. The molecule has 0 bridgehead atoms. The minimum Gasteiger partial charge on any atom is -0.508 e. The summed E-state index contributed by atoms with van der Waals surface area (Å²) in [5.41, 5.74) is 1.52. The Balaban J connectivity index is 1.86. The molecule has 0 spiro atoms. The summed E-state index contributed by atoms with van der Waals surface area (Å²) < 4.78 is 0. The van der Waals surface area contributed by atoms with Gasteiger partial charge in [0.25, 0.3) is 0 Å². The molecule has 0 radical (unpaired) electrons. The maximum atomic E-state index is 13.1. The summed E-state index contributed by atoms with van der Waals surface area (Å²) in [4.78, 5) is 37.0. The van der Waals surface area contributed by atoms with Crippen LogP contribution in [0.2, 0.25) is 0 Å². The lowest BCUT2D eigenvalue weighted by Gasteiger charge is -2.22. The van der Waals surface area contributed by atoms with E-state index in [4.69, 9.17) is 0 Å². The molecule has 2 amide bonds. The van der Waals surface area contributed by atoms with Crippen LogP contribution < -0.4 is 10.6 Å². The number of phenolic OH excluding ortho intramolecular Hbond substituents is 1. The number of carbonyl (C=O) groups excluding carboxylic acids is 3. The Morgan fingerprint density at radius 2 is 1.53 bits per heavy atom. The highest BCUT2D eigenvalue weighted by atomic mass is 16.3. The van der Waals surface area contributed by atoms with Gasteiger partial charge in [0.2, 0.25) is 11.8 Å². The van der Waals surface area contributed by atoms with Crippen molar-refractivity contribution in [3.63, 3.8) is 0 Å². The second kappa shape index (κ2) is 9.22. The van der Waals surface area contributed by atoms with E-state index in [2.05, 4.69) is 10.6 Å². The molecule has 0 aliphatic heterocycles. The molecule has 0 aliphatic rings. The smallest absolute Gasteiger partial charge is 0.247 e. The summed E-state index contributed by atoms with van der Waals surface area (Å²) in [5, 5.41) is 16.7. The van der Waals surface area contributed by atoms with Crippen LogP contribution in [0.3, 0.4) is 0 Å². The molecule has 3 aromatic rings. The summed E-state index contributed by atoms with van der Waals surface area (Å²) in [6.07, 6.45) is 0.367. The molecule has 3 rings (SSSR count). The van der Waals surface area contributed by atoms with E-state index in [1.54, 1.807) is 36.4 Å². The van der Waals surface area contributed by atoms with Crippen molar-refractivity contribution in [3.05, 3.63) is 77.9 Å². The second-order valence-electron chi connectivity index (χ2n) is 7.29. The Morgan fingerprint density at radius 1 is 0.867 bits per heavy atom. The number of rotatable bonds is 7. The number of carbonyl (C=O) groups is 3. The van der Waals surface area contributed by atoms with E-state index in [1.165, 1.54) is 13.8 Å². The second-order valence-corrected chi connectivity index (χ2v) is 7.29. The highest BCUT2D eigenvalue weighted by Gasteiger charge is 2.26. The van der Waals surface area contributed by atoms with Crippen molar-refractivity contribution >= 4 is 28.4 Å². The lowest BCUT2D eigenvalue weighted by Crippen LogP contribution is -2.47. The van der Waals surface area contributed by atoms with Crippen LogP contribution >= 0.6 is 0 Å². The predicted molar refractivity (Wildman–Crippen MR) is 115 cm³/mol. The van der Waals surface area contributed by atoms with Crippen molar-refractivity contribution in [1.29, 1.82) is 0 Å². The van der Waals surface area contributed by atoms with Crippen molar-refractivity contribution < 1.29 is 19.5 Å². The zero-order valence-electron chi connectivity index (χ0n) is 16.9. The molecule has 3 N–H and O–H groups in total. The Hall–Kier alpha value is -3.67. The van der Waals surface area contributed by atoms with Gasteiger partial charge in [0.05, 0.1) is 6.04 Å². The molecule has 0 aromatic heterocycles. The molecule has 0 aliphatic carbocycles. The normalized spacial score (nSPS) is 12.7. The van der Waals surface area contributed by atoms with E-state index in [0.29, 0.717) is 12.0 Å². The van der Waals surface area contributed by atoms with Crippen LogP contribution in [-0.4, -0.2) is 28.7 Å². The number of benzene rings is 3. The maximum absolute atomic E-state index is 13.1. The van der Waals surface area contributed by atoms with Crippen molar-refractivity contribution in [3.8, 4) is 5.75 Å². The fraction of sp³-hybridized carbons (Fsp3) is 0.208. The number of ketones is 1. The number of Topliss-reactive ketones (excluding diaryl/α,β-unsaturated/α-hetero) is 1. The average molecular weight is 404 g/mol. The number of aromatic hydroxyl groups is 1. The zero-order valence-corrected chi connectivity index (χ0v) is 16.9. The average Bonchev–Trinajstić information content (AvgIpc) is 2.71. The zero-order chi connectivity index (χ0) is 21.7. The van der Waals surface area contributed by atoms with E-state index in [0.717, 1.165) is 16.3 Å². The number of hydrogen-bond donors (Lipinski definition) is 3. The van der Waals surface area contributed by atoms with Crippen LogP contribution in [0, 0.1) is 0 Å². The van der Waals surface area contributed by atoms with Crippen LogP contribution in [0.1, 0.15) is 31.0 Å². The molecule has 3 aromatic carbocycles. The minimum atomic E-state index is -0.946. The molecular weight excluding hydrogens is 380 g/mol. The van der Waals surface area contributed by atoms with Gasteiger partial charge in [0.1, 0.15) is 11.8 Å². The van der Waals surface area contributed by atoms with Crippen LogP contribution in [0.15, 0.2) is 66.7 Å². The highest BCUT2D eigenvalue weighted by Crippen LogP contribution is 2.24. The summed E-state index contributed by atoms with van der Waals surface area (Å²) in [7, 11) is 0. The lowest BCUT2D eigenvalue weighted by atomic mass is 9.99. The third-order valence-electron chi connectivity index (χ3n) is 4.88. The highest BCUT2D eigenvalue weighted by molar-refractivity contribution is 5.93. The summed E-state index contributed by atoms with van der Waals surface area (Å²) in [6.45, 7) is 2.77. The van der Waals surface area contributed by atoms with Gasteiger partial charge in [0, 0.05) is 6.92 Å². The number of nitrogens with one attached hydrogen (secondary N) is 2. The molecular formula is C24H24N2O4. The van der Waals surface area contributed by atoms with Gasteiger partial charge in [-0.3, -0.25) is 14.4 Å². The first kappa shape index (κ1) is 21.0. The van der Waals surface area contributed by atoms with Gasteiger partial charge >= 0.3 is 0 Å². The molecule has 154 valence electrons. The van der Waals surface area contributed by atoms with Crippen molar-refractivity contribution in [2.24, 2.45) is 0 Å². The third kappa shape index (κ3) is 5.23. The maximum Gasteiger partial charge on any atom is 0.247 e. The number of hydrogen-bond acceptors (Lipinski definition) is 4. The van der Waals surface area contributed by atoms with Gasteiger partial charge in [-0.1, -0.05) is 48.5 Å². The van der Waals surface area contributed by atoms with E-state index in [9.17, 15) is 19.5 Å². The predicted octanol–water partition coefficient (Wildman–Crippen LogP) is 3.04. The third-order valence-corrected chi connectivity index (χ3v) is 4.88. The topological polar surface area (TPSA) is 95.5 Å². The van der Waals surface area contributed by atoms with Crippen LogP contribution in [0.4, 0.5) is 0 Å². The standard InChI is InChI=1S/C24H24N2O4/c1-15(27)22(12-17-6-4-3-5-7-17)26-24(30)23(25-16(2)28)20-9-8-19-14-21(29)11-10-18(19)13-20/h3-11,13-14,22-23,29H,12H2,1-2H3,(H,25,28)(H,26,30). The molecule has 0 heterocycles. The largest absolute Gasteiger partial charge is 0.508 e. The fourth-order valence-corrected chi connectivity index (χ4v) is 3.34. The Labute approximate surface area is 174 Å². The lowest BCUT2D eigenvalue weighted by molar-refractivity contribution is -0.130. The van der Waals surface area contributed by atoms with E-state index >= 15 is 0 Å². The van der Waals surface area contributed by atoms with Gasteiger partial charge in [-0.25, -0.2) is 0 Å². The quantitative estimate of drug-likeness (QED) is 0.564. The molecule has 30 heavy (non-hydrogen) atoms. The fourth-order valence-electron chi connectivity index (χ4n) is 3.34. The molecule has 2 atom stereocenters. The van der Waals surface area contributed by atoms with Gasteiger partial charge in [-0.15, -0.1) is 0 Å². The monoisotopic (exact) mass is 404 g/mol. The molecule has 0 saturated carbocycles. The Bertz CT molecular complexity index is 1080. The number of amides is 2. The summed E-state index contributed by atoms with van der Waals surface area (Å²) in [5.74, 6) is -0.831. The Morgan fingerprint density at radius 3 is 2.20 bits per heavy atom. The van der Waals surface area contributed by atoms with E-state index < -0.39 is 18.0 Å². The van der Waals surface area contributed by atoms with Crippen molar-refractivity contribution in [1.82, 2.24) is 10.6 Å². The van der Waals surface area contributed by atoms with Crippen molar-refractivity contribution in [2.75, 3.05) is 0 Å². The number of fused-ring (bicyclic) bond motifs is 1. The summed E-state index contributed by atoms with van der Waals surface area (Å²) >= 11 is 0. The van der Waals surface area contributed by atoms with Gasteiger partial charge < -0.3 is 15.7 Å². The van der Waals surface area contributed by atoms with Gasteiger partial charge in [-0.2, -0.15) is 0 Å². The van der Waals surface area contributed by atoms with Gasteiger partial charge in [-0.05, 0) is 53.4 Å². The molecule has 6 heteroatoms. The summed E-state index contributed by atoms with van der Waals surface area (Å²) in [6, 6.07) is 18.0. The van der Waals surface area contributed by atoms with E-state index in [1.807, 2.05) is 30.3 Å². The van der Waals surface area contributed by atoms with Crippen molar-refractivity contribution in [2.45, 2.75) is 32.4 Å². The molecule has 6 nitrogen and oxygen atoms in total. The minimum absolute atomic E-state index is 0.150. The molecule has 2 unspecified atom stereocenters. The first-order chi connectivity index (χ1) is 14.3.